The first-order valence-electron chi connectivity index (χ1n) is 4.23. The van der Waals surface area contributed by atoms with E-state index in [0.717, 1.165) is 5.56 Å². The van der Waals surface area contributed by atoms with E-state index in [4.69, 9.17) is 11.6 Å². The smallest absolute Gasteiger partial charge is 0.266 e. The second kappa shape index (κ2) is 4.42. The largest absolute Gasteiger partial charge is 0.268 e. The van der Waals surface area contributed by atoms with Crippen LogP contribution in [0.15, 0.2) is 17.1 Å². The predicted molar refractivity (Wildman–Crippen MR) is 53.1 cm³/mol. The van der Waals surface area contributed by atoms with Crippen molar-refractivity contribution in [2.45, 2.75) is 20.4 Å². The zero-order valence-corrected chi connectivity index (χ0v) is 8.58. The molecule has 0 radical (unpaired) electrons. The number of hydrogen-bond donors (Lipinski definition) is 0. The molecule has 0 saturated heterocycles. The van der Waals surface area contributed by atoms with Gasteiger partial charge in [0.2, 0.25) is 0 Å². The minimum absolute atomic E-state index is 0.0584. The Kier molecular flexibility index (Phi) is 3.48. The van der Waals surface area contributed by atoms with E-state index in [-0.39, 0.29) is 11.5 Å². The third-order valence-corrected chi connectivity index (χ3v) is 2.28. The molecule has 0 amide bonds. The zero-order valence-electron chi connectivity index (χ0n) is 7.83. The highest BCUT2D eigenvalue weighted by molar-refractivity contribution is 6.18. The molecule has 13 heavy (non-hydrogen) atoms. The Hall–Kier alpha value is -0.830. The summed E-state index contributed by atoms with van der Waals surface area (Å²) < 4.78 is 1.44. The van der Waals surface area contributed by atoms with Gasteiger partial charge < -0.3 is 0 Å². The Balaban J connectivity index is 2.84. The monoisotopic (exact) mass is 200 g/mol. The minimum atomic E-state index is -0.0584. The van der Waals surface area contributed by atoms with Crippen molar-refractivity contribution < 1.29 is 0 Å². The van der Waals surface area contributed by atoms with Crippen LogP contribution in [-0.2, 0) is 6.54 Å². The lowest BCUT2D eigenvalue weighted by Crippen LogP contribution is -2.25. The fraction of sp³-hybridized carbons (Fsp3) is 0.556. The number of nitrogens with zero attached hydrogens (tertiary/aromatic N) is 2. The van der Waals surface area contributed by atoms with Crippen LogP contribution >= 0.6 is 11.6 Å². The van der Waals surface area contributed by atoms with Crippen LogP contribution in [0.25, 0.3) is 0 Å². The van der Waals surface area contributed by atoms with Crippen LogP contribution in [0.3, 0.4) is 0 Å². The van der Waals surface area contributed by atoms with Gasteiger partial charge in [0, 0.05) is 18.5 Å². The highest BCUT2D eigenvalue weighted by Gasteiger charge is 2.03. The quantitative estimate of drug-likeness (QED) is 0.692. The van der Waals surface area contributed by atoms with Crippen LogP contribution in [0.4, 0.5) is 0 Å². The van der Waals surface area contributed by atoms with Gasteiger partial charge in [0.25, 0.3) is 5.56 Å². The van der Waals surface area contributed by atoms with Crippen molar-refractivity contribution in [3.63, 3.8) is 0 Å². The minimum Gasteiger partial charge on any atom is -0.268 e. The highest BCUT2D eigenvalue weighted by atomic mass is 35.5. The molecule has 0 spiro atoms. The molecular formula is C9H13ClN2O. The van der Waals surface area contributed by atoms with Crippen LogP contribution in [0.2, 0.25) is 0 Å². The summed E-state index contributed by atoms with van der Waals surface area (Å²) in [7, 11) is 0. The van der Waals surface area contributed by atoms with Gasteiger partial charge in [0.15, 0.2) is 0 Å². The molecule has 1 rings (SSSR count). The topological polar surface area (TPSA) is 34.9 Å². The average Bonchev–Trinajstić information content (AvgIpc) is 2.09. The van der Waals surface area contributed by atoms with Gasteiger partial charge in [-0.1, -0.05) is 6.92 Å². The van der Waals surface area contributed by atoms with Gasteiger partial charge >= 0.3 is 0 Å². The SMILES string of the molecule is Cc1cnn(CC(C)CCl)c(=O)c1. The van der Waals surface area contributed by atoms with E-state index in [0.29, 0.717) is 12.4 Å². The fourth-order valence-corrected chi connectivity index (χ4v) is 1.10. The van der Waals surface area contributed by atoms with E-state index in [1.165, 1.54) is 4.68 Å². The van der Waals surface area contributed by atoms with E-state index in [9.17, 15) is 4.79 Å². The van der Waals surface area contributed by atoms with Gasteiger partial charge in [-0.25, -0.2) is 4.68 Å². The lowest BCUT2D eigenvalue weighted by atomic mass is 10.2. The van der Waals surface area contributed by atoms with E-state index < -0.39 is 0 Å². The lowest BCUT2D eigenvalue weighted by molar-refractivity contribution is 0.466. The first kappa shape index (κ1) is 10.3. The maximum absolute atomic E-state index is 11.3. The summed E-state index contributed by atoms with van der Waals surface area (Å²) in [5.74, 6) is 0.816. The number of alkyl halides is 1. The second-order valence-electron chi connectivity index (χ2n) is 3.31. The van der Waals surface area contributed by atoms with Crippen LogP contribution in [0.5, 0.6) is 0 Å². The molecule has 0 saturated carbocycles. The molecule has 0 aliphatic rings. The number of halogens is 1. The molecular weight excluding hydrogens is 188 g/mol. The molecule has 0 aromatic carbocycles. The van der Waals surface area contributed by atoms with Crippen LogP contribution in [0, 0.1) is 12.8 Å². The maximum Gasteiger partial charge on any atom is 0.266 e. The molecule has 1 heterocycles. The average molecular weight is 201 g/mol. The van der Waals surface area contributed by atoms with Crippen molar-refractivity contribution in [1.82, 2.24) is 9.78 Å². The van der Waals surface area contributed by atoms with Gasteiger partial charge in [-0.05, 0) is 18.4 Å². The van der Waals surface area contributed by atoms with E-state index >= 15 is 0 Å². The Bertz CT molecular complexity index is 335. The van der Waals surface area contributed by atoms with Crippen molar-refractivity contribution >= 4 is 11.6 Å². The summed E-state index contributed by atoms with van der Waals surface area (Å²) in [6.45, 7) is 4.42. The molecule has 1 aromatic heterocycles. The van der Waals surface area contributed by atoms with Crippen molar-refractivity contribution in [3.8, 4) is 0 Å². The molecule has 4 heteroatoms. The van der Waals surface area contributed by atoms with Gasteiger partial charge in [0.05, 0.1) is 6.20 Å². The summed E-state index contributed by atoms with van der Waals surface area (Å²) in [5, 5.41) is 4.01. The molecule has 0 N–H and O–H groups in total. The normalized spacial score (nSPS) is 12.8. The van der Waals surface area contributed by atoms with Crippen molar-refractivity contribution in [3.05, 3.63) is 28.2 Å². The summed E-state index contributed by atoms with van der Waals surface area (Å²) in [6, 6.07) is 1.58. The van der Waals surface area contributed by atoms with Crippen LogP contribution in [0.1, 0.15) is 12.5 Å². The third kappa shape index (κ3) is 2.84. The molecule has 72 valence electrons. The lowest BCUT2D eigenvalue weighted by Gasteiger charge is -2.08. The van der Waals surface area contributed by atoms with Crippen molar-refractivity contribution in [2.75, 3.05) is 5.88 Å². The Morgan fingerprint density at radius 1 is 1.69 bits per heavy atom. The van der Waals surface area contributed by atoms with E-state index in [1.807, 2.05) is 13.8 Å². The summed E-state index contributed by atoms with van der Waals surface area (Å²) in [6.07, 6.45) is 1.68. The van der Waals surface area contributed by atoms with Crippen LogP contribution in [-0.4, -0.2) is 15.7 Å². The maximum atomic E-state index is 11.3. The van der Waals surface area contributed by atoms with Crippen molar-refractivity contribution in [1.29, 1.82) is 0 Å². The first-order valence-corrected chi connectivity index (χ1v) is 4.76. The summed E-state index contributed by atoms with van der Waals surface area (Å²) >= 11 is 5.64. The summed E-state index contributed by atoms with van der Waals surface area (Å²) in [5.41, 5.74) is 0.830. The highest BCUT2D eigenvalue weighted by Crippen LogP contribution is 1.99. The van der Waals surface area contributed by atoms with Gasteiger partial charge in [-0.2, -0.15) is 5.10 Å². The molecule has 0 aliphatic heterocycles. The number of aromatic nitrogens is 2. The predicted octanol–water partition coefficient (Wildman–Crippen LogP) is 1.43. The Morgan fingerprint density at radius 2 is 2.38 bits per heavy atom. The van der Waals surface area contributed by atoms with Gasteiger partial charge in [-0.3, -0.25) is 4.79 Å². The zero-order chi connectivity index (χ0) is 9.84. The third-order valence-electron chi connectivity index (χ3n) is 1.75. The van der Waals surface area contributed by atoms with Gasteiger partial charge in [-0.15, -0.1) is 11.6 Å². The molecule has 0 fully saturated rings. The second-order valence-corrected chi connectivity index (χ2v) is 3.62. The molecule has 1 atom stereocenters. The standard InChI is InChI=1S/C9H13ClN2O/c1-7-3-9(13)12(11-5-7)6-8(2)4-10/h3,5,8H,4,6H2,1-2H3. The first-order chi connectivity index (χ1) is 6.13. The van der Waals surface area contributed by atoms with E-state index in [1.54, 1.807) is 12.3 Å². The molecule has 3 nitrogen and oxygen atoms in total. The Morgan fingerprint density at radius 3 is 2.92 bits per heavy atom. The van der Waals surface area contributed by atoms with Crippen LogP contribution < -0.4 is 5.56 Å². The molecule has 1 aromatic rings. The molecule has 0 bridgehead atoms. The number of rotatable bonds is 3. The Labute approximate surface area is 82.3 Å². The number of hydrogen-bond acceptors (Lipinski definition) is 2. The molecule has 0 aliphatic carbocycles. The summed E-state index contributed by atoms with van der Waals surface area (Å²) in [4.78, 5) is 11.3. The van der Waals surface area contributed by atoms with Gasteiger partial charge in [0.1, 0.15) is 0 Å². The fourth-order valence-electron chi connectivity index (χ4n) is 1.01. The van der Waals surface area contributed by atoms with Crippen molar-refractivity contribution in [2.24, 2.45) is 5.92 Å². The van der Waals surface area contributed by atoms with E-state index in [2.05, 4.69) is 5.10 Å². The molecule has 1 unspecified atom stereocenters. The number of aryl methyl sites for hydroxylation is 1.